The summed E-state index contributed by atoms with van der Waals surface area (Å²) in [5.41, 5.74) is -0.0982. The van der Waals surface area contributed by atoms with E-state index in [1.54, 1.807) is 18.2 Å². The maximum Gasteiger partial charge on any atom is 0.417 e. The Labute approximate surface area is 191 Å². The van der Waals surface area contributed by atoms with Gasteiger partial charge in [0.2, 0.25) is 0 Å². The summed E-state index contributed by atoms with van der Waals surface area (Å²) in [5.74, 6) is -0.261. The van der Waals surface area contributed by atoms with Crippen molar-refractivity contribution in [1.82, 2.24) is 15.0 Å². The number of alkyl halides is 3. The lowest BCUT2D eigenvalue weighted by molar-refractivity contribution is -0.137. The van der Waals surface area contributed by atoms with Gasteiger partial charge in [0.1, 0.15) is 29.8 Å². The van der Waals surface area contributed by atoms with Crippen molar-refractivity contribution >= 4 is 22.6 Å². The Balaban J connectivity index is 1.62. The largest absolute Gasteiger partial charge is 0.491 e. The monoisotopic (exact) mass is 472 g/mol. The van der Waals surface area contributed by atoms with Gasteiger partial charge >= 0.3 is 6.18 Å². The number of hydrogen-bond donors (Lipinski definition) is 4. The van der Waals surface area contributed by atoms with E-state index in [9.17, 15) is 23.1 Å². The number of benzene rings is 2. The fraction of sp³-hybridized carbons (Fsp3) is 0.174. The van der Waals surface area contributed by atoms with Gasteiger partial charge in [-0.2, -0.15) is 13.2 Å². The predicted octanol–water partition coefficient (Wildman–Crippen LogP) is 3.63. The highest BCUT2D eigenvalue weighted by molar-refractivity contribution is 6.11. The lowest BCUT2D eigenvalue weighted by atomic mass is 10.1. The minimum atomic E-state index is -4.58. The Kier molecular flexibility index (Phi) is 6.48. The van der Waals surface area contributed by atoms with Gasteiger partial charge in [-0.15, -0.1) is 0 Å². The molecule has 1 amide bonds. The van der Waals surface area contributed by atoms with E-state index in [1.807, 2.05) is 0 Å². The molecule has 0 radical (unpaired) electrons. The number of aliphatic hydroxyl groups excluding tert-OH is 2. The van der Waals surface area contributed by atoms with E-state index in [0.29, 0.717) is 17.0 Å². The van der Waals surface area contributed by atoms with E-state index in [2.05, 4.69) is 20.3 Å². The van der Waals surface area contributed by atoms with Gasteiger partial charge in [0.15, 0.2) is 0 Å². The molecule has 2 aromatic carbocycles. The number of amides is 1. The molecule has 4 aromatic rings. The summed E-state index contributed by atoms with van der Waals surface area (Å²) in [6, 6.07) is 11.4. The van der Waals surface area contributed by atoms with Crippen LogP contribution in [-0.2, 0) is 6.18 Å². The Bertz CT molecular complexity index is 1320. The number of pyridine rings is 1. The zero-order valence-corrected chi connectivity index (χ0v) is 17.5. The van der Waals surface area contributed by atoms with E-state index < -0.39 is 30.4 Å². The fourth-order valence-electron chi connectivity index (χ4n) is 3.27. The number of hydrogen-bond acceptors (Lipinski definition) is 6. The van der Waals surface area contributed by atoms with E-state index in [1.165, 1.54) is 36.7 Å². The Morgan fingerprint density at radius 3 is 2.71 bits per heavy atom. The number of rotatable bonds is 7. The Morgan fingerprint density at radius 1 is 1.15 bits per heavy atom. The number of carbonyl (C=O) groups is 1. The molecule has 0 aliphatic heterocycles. The second-order valence-corrected chi connectivity index (χ2v) is 7.34. The molecule has 11 heteroatoms. The second-order valence-electron chi connectivity index (χ2n) is 7.34. The minimum Gasteiger partial charge on any atom is -0.491 e. The molecule has 34 heavy (non-hydrogen) atoms. The molecule has 0 aliphatic carbocycles. The average molecular weight is 472 g/mol. The van der Waals surface area contributed by atoms with Crippen LogP contribution in [0.5, 0.6) is 5.75 Å². The number of aliphatic hydroxyl groups is 2. The topological polar surface area (TPSA) is 120 Å². The lowest BCUT2D eigenvalue weighted by Crippen LogP contribution is -2.21. The summed E-state index contributed by atoms with van der Waals surface area (Å²) in [7, 11) is 0. The summed E-state index contributed by atoms with van der Waals surface area (Å²) < 4.78 is 45.7. The van der Waals surface area contributed by atoms with Crippen molar-refractivity contribution in [2.75, 3.05) is 18.5 Å². The van der Waals surface area contributed by atoms with Gasteiger partial charge in [0.25, 0.3) is 5.91 Å². The van der Waals surface area contributed by atoms with Crippen molar-refractivity contribution in [2.24, 2.45) is 0 Å². The van der Waals surface area contributed by atoms with Crippen LogP contribution >= 0.6 is 0 Å². The number of H-pyrrole nitrogens is 1. The van der Waals surface area contributed by atoms with Crippen LogP contribution in [0.25, 0.3) is 22.4 Å². The number of nitrogens with one attached hydrogen (secondary N) is 2. The standard InChI is InChI=1S/C23H19F3N4O4/c24-23(25,26)18-7-2-1-6-16(18)21-29-19-10-27-9-17(20(19)30-21)22(33)28-13-4-3-5-15(8-13)34-12-14(32)11-31/h1-10,14,31-32H,11-12H2,(H,28,33)(H,29,30). The molecule has 8 nitrogen and oxygen atoms in total. The molecule has 0 aliphatic rings. The minimum absolute atomic E-state index is 0.0391. The van der Waals surface area contributed by atoms with E-state index in [-0.39, 0.29) is 29.1 Å². The highest BCUT2D eigenvalue weighted by Gasteiger charge is 2.34. The molecular weight excluding hydrogens is 453 g/mol. The van der Waals surface area contributed by atoms with Crippen LogP contribution in [0, 0.1) is 0 Å². The first-order valence-corrected chi connectivity index (χ1v) is 10.1. The smallest absolute Gasteiger partial charge is 0.417 e. The lowest BCUT2D eigenvalue weighted by Gasteiger charge is -2.11. The van der Waals surface area contributed by atoms with Crippen LogP contribution in [-0.4, -0.2) is 50.4 Å². The molecule has 1 atom stereocenters. The van der Waals surface area contributed by atoms with E-state index >= 15 is 0 Å². The maximum atomic E-state index is 13.4. The van der Waals surface area contributed by atoms with Gasteiger partial charge in [-0.25, -0.2) is 4.98 Å². The number of imidazole rings is 1. The van der Waals surface area contributed by atoms with Gasteiger partial charge in [0.05, 0.1) is 29.4 Å². The third-order valence-electron chi connectivity index (χ3n) is 4.87. The van der Waals surface area contributed by atoms with Crippen molar-refractivity contribution in [3.63, 3.8) is 0 Å². The number of carbonyl (C=O) groups excluding carboxylic acids is 1. The summed E-state index contributed by atoms with van der Waals surface area (Å²) in [4.78, 5) is 24.0. The molecule has 176 valence electrons. The number of nitrogens with zero attached hydrogens (tertiary/aromatic N) is 2. The second kappa shape index (κ2) is 9.49. The van der Waals surface area contributed by atoms with Crippen LogP contribution in [0.1, 0.15) is 15.9 Å². The molecule has 0 spiro atoms. The first-order valence-electron chi connectivity index (χ1n) is 10.1. The quantitative estimate of drug-likeness (QED) is 0.326. The van der Waals surface area contributed by atoms with Crippen molar-refractivity contribution in [3.8, 4) is 17.1 Å². The van der Waals surface area contributed by atoms with Gasteiger partial charge in [-0.05, 0) is 18.2 Å². The predicted molar refractivity (Wildman–Crippen MR) is 117 cm³/mol. The fourth-order valence-corrected chi connectivity index (χ4v) is 3.27. The summed E-state index contributed by atoms with van der Waals surface area (Å²) >= 11 is 0. The number of aromatic nitrogens is 3. The molecule has 0 fully saturated rings. The average Bonchev–Trinajstić information content (AvgIpc) is 3.26. The number of fused-ring (bicyclic) bond motifs is 1. The van der Waals surface area contributed by atoms with Gasteiger partial charge in [-0.3, -0.25) is 9.78 Å². The van der Waals surface area contributed by atoms with Crippen molar-refractivity contribution in [3.05, 3.63) is 72.1 Å². The summed E-state index contributed by atoms with van der Waals surface area (Å²) in [5, 5.41) is 20.9. The third-order valence-corrected chi connectivity index (χ3v) is 4.87. The highest BCUT2D eigenvalue weighted by Crippen LogP contribution is 2.36. The van der Waals surface area contributed by atoms with E-state index in [0.717, 1.165) is 6.07 Å². The number of anilines is 1. The molecule has 4 N–H and O–H groups in total. The molecular formula is C23H19F3N4O4. The zero-order valence-electron chi connectivity index (χ0n) is 17.5. The molecule has 2 aromatic heterocycles. The van der Waals surface area contributed by atoms with Crippen molar-refractivity contribution in [2.45, 2.75) is 12.3 Å². The number of halogens is 3. The van der Waals surface area contributed by atoms with Crippen LogP contribution in [0.15, 0.2) is 60.9 Å². The van der Waals surface area contributed by atoms with Gasteiger partial charge in [-0.1, -0.05) is 24.3 Å². The number of aromatic amines is 1. The molecule has 2 heterocycles. The van der Waals surface area contributed by atoms with E-state index in [4.69, 9.17) is 9.84 Å². The van der Waals surface area contributed by atoms with Gasteiger partial charge < -0.3 is 25.3 Å². The summed E-state index contributed by atoms with van der Waals surface area (Å²) in [6.07, 6.45) is -2.97. The molecule has 0 saturated carbocycles. The first kappa shape index (κ1) is 23.2. The molecule has 1 unspecified atom stereocenters. The van der Waals surface area contributed by atoms with Crippen LogP contribution in [0.2, 0.25) is 0 Å². The highest BCUT2D eigenvalue weighted by atomic mass is 19.4. The maximum absolute atomic E-state index is 13.4. The normalized spacial score (nSPS) is 12.5. The zero-order chi connectivity index (χ0) is 24.3. The first-order chi connectivity index (χ1) is 16.3. The van der Waals surface area contributed by atoms with Gasteiger partial charge in [0, 0.05) is 23.5 Å². The molecule has 0 saturated heterocycles. The van der Waals surface area contributed by atoms with Crippen LogP contribution < -0.4 is 10.1 Å². The Morgan fingerprint density at radius 2 is 1.94 bits per heavy atom. The van der Waals surface area contributed by atoms with Crippen molar-refractivity contribution in [1.29, 1.82) is 0 Å². The molecule has 0 bridgehead atoms. The third kappa shape index (κ3) is 5.00. The van der Waals surface area contributed by atoms with Crippen molar-refractivity contribution < 1.29 is 32.9 Å². The Hall–Kier alpha value is -3.96. The summed E-state index contributed by atoms with van der Waals surface area (Å²) in [6.45, 7) is -0.584. The molecule has 4 rings (SSSR count). The van der Waals surface area contributed by atoms with Crippen LogP contribution in [0.3, 0.4) is 0 Å². The van der Waals surface area contributed by atoms with Crippen LogP contribution in [0.4, 0.5) is 18.9 Å². The number of ether oxygens (including phenoxy) is 1. The SMILES string of the molecule is O=C(Nc1cccc(OCC(O)CO)c1)c1cncc2[nH]c(-c3ccccc3C(F)(F)F)nc12.